The summed E-state index contributed by atoms with van der Waals surface area (Å²) in [6.45, 7) is 5.96. The molecule has 1 fully saturated rings. The second-order valence-electron chi connectivity index (χ2n) is 9.51. The summed E-state index contributed by atoms with van der Waals surface area (Å²) in [5, 5.41) is 5.86. The molecule has 190 valence electrons. The van der Waals surface area contributed by atoms with Crippen LogP contribution in [0.1, 0.15) is 54.0 Å². The van der Waals surface area contributed by atoms with Gasteiger partial charge in [-0.3, -0.25) is 9.59 Å². The molecule has 2 heterocycles. The molecule has 0 saturated heterocycles. The van der Waals surface area contributed by atoms with Crippen LogP contribution in [0.25, 0.3) is 22.2 Å². The van der Waals surface area contributed by atoms with Crippen LogP contribution in [0, 0.1) is 18.7 Å². The van der Waals surface area contributed by atoms with Gasteiger partial charge in [0.25, 0.3) is 0 Å². The lowest BCUT2D eigenvalue weighted by Gasteiger charge is -2.29. The summed E-state index contributed by atoms with van der Waals surface area (Å²) in [4.78, 5) is 33.5. The van der Waals surface area contributed by atoms with Crippen LogP contribution in [0.4, 0.5) is 10.2 Å². The van der Waals surface area contributed by atoms with Crippen molar-refractivity contribution < 1.29 is 21.6 Å². The van der Waals surface area contributed by atoms with Crippen molar-refractivity contribution in [2.75, 3.05) is 19.0 Å². The molecule has 3 aromatic rings. The lowest BCUT2D eigenvalue weighted by atomic mass is 9.85. The van der Waals surface area contributed by atoms with E-state index >= 15 is 0 Å². The maximum atomic E-state index is 14.9. The average molecular weight is 486 g/mol. The van der Waals surface area contributed by atoms with Crippen LogP contribution in [0.2, 0.25) is 0 Å². The summed E-state index contributed by atoms with van der Waals surface area (Å²) in [5.74, 6) is -0.497. The number of anilines is 1. The molecule has 2 atom stereocenters. The summed E-state index contributed by atoms with van der Waals surface area (Å²) >= 11 is 0. The molecule has 2 N–H and O–H groups in total. The van der Waals surface area contributed by atoms with E-state index in [2.05, 4.69) is 20.6 Å². The van der Waals surface area contributed by atoms with Crippen molar-refractivity contribution in [2.24, 2.45) is 5.92 Å². The number of aromatic nitrogens is 3. The molecule has 35 heavy (non-hydrogen) atoms. The van der Waals surface area contributed by atoms with Gasteiger partial charge in [0.1, 0.15) is 17.9 Å². The quantitative estimate of drug-likeness (QED) is 0.497. The molecule has 0 bridgehead atoms. The Bertz CT molecular complexity index is 1250. The number of aryl methyl sites for hydroxylation is 1. The maximum absolute atomic E-state index is 14.9. The van der Waals surface area contributed by atoms with E-state index in [-0.39, 0.29) is 45.1 Å². The molecular formula is C26H36FN5O3. The van der Waals surface area contributed by atoms with Gasteiger partial charge in [-0.05, 0) is 74.9 Å². The predicted octanol–water partition coefficient (Wildman–Crippen LogP) is 4.88. The number of carbonyl (C=O) groups excluding carboxylic acids is 2. The minimum Gasteiger partial charge on any atom is -0.375 e. The Kier molecular flexibility index (Phi) is 7.45. The number of methoxy groups -OCH3 is 1. The molecule has 8 nitrogen and oxygen atoms in total. The van der Waals surface area contributed by atoms with Crippen LogP contribution < -0.4 is 10.6 Å². The number of fused-ring (bicyclic) bond motifs is 1. The topological polar surface area (TPSA) is 98.1 Å². The highest BCUT2D eigenvalue weighted by Gasteiger charge is 2.28. The minimum absolute atomic E-state index is 0. The van der Waals surface area contributed by atoms with Gasteiger partial charge in [-0.15, -0.1) is 0 Å². The SMILES string of the molecule is COCC(=O)N[C@@H]1CCC[C@H](C(=O)Nc2cc(-c3cc(F)c4ncn(C(C)C)c4c3)c(C)cn2)C1.[HH].[HH]. The third-order valence-corrected chi connectivity index (χ3v) is 6.54. The van der Waals surface area contributed by atoms with E-state index in [1.54, 1.807) is 18.6 Å². The van der Waals surface area contributed by atoms with Gasteiger partial charge in [-0.25, -0.2) is 14.4 Å². The van der Waals surface area contributed by atoms with Crippen molar-refractivity contribution in [3.8, 4) is 11.1 Å². The lowest BCUT2D eigenvalue weighted by molar-refractivity contribution is -0.127. The number of hydrogen-bond donors (Lipinski definition) is 2. The Hall–Kier alpha value is -3.33. The normalized spacial score (nSPS) is 18.1. The fourth-order valence-electron chi connectivity index (χ4n) is 4.75. The van der Waals surface area contributed by atoms with Crippen LogP contribution in [0.15, 0.2) is 30.7 Å². The number of nitrogens with one attached hydrogen (secondary N) is 2. The second kappa shape index (κ2) is 10.5. The van der Waals surface area contributed by atoms with Gasteiger partial charge in [0, 0.05) is 34.2 Å². The highest BCUT2D eigenvalue weighted by atomic mass is 19.1. The van der Waals surface area contributed by atoms with Gasteiger partial charge < -0.3 is 19.9 Å². The summed E-state index contributed by atoms with van der Waals surface area (Å²) in [5.41, 5.74) is 3.43. The number of rotatable bonds is 7. The van der Waals surface area contributed by atoms with Crippen molar-refractivity contribution >= 4 is 28.7 Å². The predicted molar refractivity (Wildman–Crippen MR) is 137 cm³/mol. The number of benzene rings is 1. The number of ether oxygens (including phenoxy) is 1. The summed E-state index contributed by atoms with van der Waals surface area (Å²) in [6, 6.07) is 5.27. The summed E-state index contributed by atoms with van der Waals surface area (Å²) in [7, 11) is 1.48. The Morgan fingerprint density at radius 3 is 2.80 bits per heavy atom. The molecule has 1 aliphatic carbocycles. The standard InChI is InChI=1S/C26H32FN5O3.2H2/c1-15(2)32-14-29-25-21(27)9-18(10-22(25)32)20-11-23(28-12-16(20)3)31-26(34)17-6-5-7-19(8-17)30-24(33)13-35-4;;/h9-12,14-15,17,19H,5-8,13H2,1-4H3,(H,30,33)(H,28,31,34);2*1H/t17-,19+;;/m0../s1. The van der Waals surface area contributed by atoms with Crippen molar-refractivity contribution in [3.05, 3.63) is 42.1 Å². The number of imidazole rings is 1. The zero-order valence-corrected chi connectivity index (χ0v) is 20.6. The van der Waals surface area contributed by atoms with Gasteiger partial charge in [-0.1, -0.05) is 6.42 Å². The van der Waals surface area contributed by atoms with Gasteiger partial charge in [0.15, 0.2) is 5.82 Å². The number of hydrogen-bond acceptors (Lipinski definition) is 5. The molecule has 2 aromatic heterocycles. The molecule has 0 unspecified atom stereocenters. The molecule has 1 aliphatic rings. The van der Waals surface area contributed by atoms with Crippen LogP contribution in [-0.4, -0.2) is 46.1 Å². The second-order valence-corrected chi connectivity index (χ2v) is 9.51. The van der Waals surface area contributed by atoms with Crippen molar-refractivity contribution in [1.82, 2.24) is 19.9 Å². The van der Waals surface area contributed by atoms with Crippen molar-refractivity contribution in [3.63, 3.8) is 0 Å². The number of carbonyl (C=O) groups is 2. The molecule has 1 aromatic carbocycles. The van der Waals surface area contributed by atoms with Crippen LogP contribution >= 0.6 is 0 Å². The van der Waals surface area contributed by atoms with Crippen molar-refractivity contribution in [2.45, 2.75) is 58.5 Å². The molecule has 0 aliphatic heterocycles. The van der Waals surface area contributed by atoms with Gasteiger partial charge >= 0.3 is 0 Å². The highest BCUT2D eigenvalue weighted by Crippen LogP contribution is 2.31. The number of pyridine rings is 1. The average Bonchev–Trinajstić information content (AvgIpc) is 3.25. The Balaban J connectivity index is 0.00000241. The zero-order valence-electron chi connectivity index (χ0n) is 20.6. The monoisotopic (exact) mass is 485 g/mol. The fourth-order valence-corrected chi connectivity index (χ4v) is 4.75. The molecule has 0 radical (unpaired) electrons. The maximum Gasteiger partial charge on any atom is 0.246 e. The van der Waals surface area contributed by atoms with E-state index in [1.165, 1.54) is 13.2 Å². The van der Waals surface area contributed by atoms with E-state index in [0.29, 0.717) is 23.3 Å². The largest absolute Gasteiger partial charge is 0.375 e. The van der Waals surface area contributed by atoms with Gasteiger partial charge in [0.05, 0.1) is 11.8 Å². The first kappa shape index (κ1) is 24.8. The first-order valence-electron chi connectivity index (χ1n) is 12.0. The number of halogens is 1. The highest BCUT2D eigenvalue weighted by molar-refractivity contribution is 5.93. The number of nitrogens with zero attached hydrogens (tertiary/aromatic N) is 3. The molecular weight excluding hydrogens is 449 g/mol. The number of amides is 2. The molecule has 4 rings (SSSR count). The minimum atomic E-state index is -0.387. The molecule has 1 saturated carbocycles. The van der Waals surface area contributed by atoms with E-state index < -0.39 is 0 Å². The van der Waals surface area contributed by atoms with Gasteiger partial charge in [-0.2, -0.15) is 0 Å². The van der Waals surface area contributed by atoms with E-state index in [4.69, 9.17) is 4.74 Å². The fraction of sp³-hybridized carbons (Fsp3) is 0.462. The molecule has 2 amide bonds. The van der Waals surface area contributed by atoms with E-state index in [0.717, 1.165) is 35.9 Å². The zero-order chi connectivity index (χ0) is 25.1. The Morgan fingerprint density at radius 1 is 1.26 bits per heavy atom. The first-order chi connectivity index (χ1) is 16.8. The Labute approximate surface area is 207 Å². The summed E-state index contributed by atoms with van der Waals surface area (Å²) in [6.07, 6.45) is 6.35. The van der Waals surface area contributed by atoms with Crippen LogP contribution in [0.3, 0.4) is 0 Å². The molecule has 0 spiro atoms. The molecule has 9 heteroatoms. The van der Waals surface area contributed by atoms with Crippen LogP contribution in [-0.2, 0) is 14.3 Å². The first-order valence-corrected chi connectivity index (χ1v) is 12.0. The third kappa shape index (κ3) is 5.51. The van der Waals surface area contributed by atoms with Crippen LogP contribution in [0.5, 0.6) is 0 Å². The van der Waals surface area contributed by atoms with E-state index in [9.17, 15) is 14.0 Å². The van der Waals surface area contributed by atoms with Crippen molar-refractivity contribution in [1.29, 1.82) is 0 Å². The third-order valence-electron chi connectivity index (χ3n) is 6.54. The Morgan fingerprint density at radius 2 is 2.06 bits per heavy atom. The van der Waals surface area contributed by atoms with E-state index in [1.807, 2.05) is 31.4 Å². The van der Waals surface area contributed by atoms with Gasteiger partial charge in [0.2, 0.25) is 11.8 Å². The smallest absolute Gasteiger partial charge is 0.246 e. The summed E-state index contributed by atoms with van der Waals surface area (Å²) < 4.78 is 21.7. The lowest BCUT2D eigenvalue weighted by Crippen LogP contribution is -2.42.